The number of carbonyl (C=O) groups excluding carboxylic acids is 2. The molecule has 2 aliphatic heterocycles. The van der Waals surface area contributed by atoms with E-state index in [0.29, 0.717) is 31.7 Å². The molecule has 0 radical (unpaired) electrons. The Bertz CT molecular complexity index is 2040. The molecule has 7 rings (SSSR count). The van der Waals surface area contributed by atoms with Crippen LogP contribution >= 0.6 is 0 Å². The normalized spacial score (nSPS) is 21.7. The Kier molecular flexibility index (Phi) is 10.7. The number of nitrogens with zero attached hydrogens (tertiary/aromatic N) is 1. The second-order valence-corrected chi connectivity index (χ2v) is 20.2. The molecule has 1 aliphatic carbocycles. The summed E-state index contributed by atoms with van der Waals surface area (Å²) in [4.78, 5) is 29.9. The van der Waals surface area contributed by atoms with Crippen LogP contribution in [0.25, 0.3) is 6.08 Å². The van der Waals surface area contributed by atoms with Gasteiger partial charge in [-0.2, -0.15) is 0 Å². The van der Waals surface area contributed by atoms with E-state index >= 15 is 0 Å². The van der Waals surface area contributed by atoms with E-state index in [1.54, 1.807) is 30.3 Å². The highest BCUT2D eigenvalue weighted by Crippen LogP contribution is 2.51. The second-order valence-electron chi connectivity index (χ2n) is 15.9. The number of carbonyl (C=O) groups is 2. The maximum Gasteiger partial charge on any atom is 0.488 e. The highest BCUT2D eigenvalue weighted by molar-refractivity contribution is 6.99. The van der Waals surface area contributed by atoms with Gasteiger partial charge in [0.1, 0.15) is 5.75 Å². The van der Waals surface area contributed by atoms with Crippen LogP contribution in [0.4, 0.5) is 5.69 Å². The van der Waals surface area contributed by atoms with Gasteiger partial charge in [-0.05, 0) is 88.0 Å². The lowest BCUT2D eigenvalue weighted by molar-refractivity contribution is -0.122. The fraction of sp³-hybridized carbons (Fsp3) is 0.318. The number of fused-ring (bicyclic) bond motifs is 3. The van der Waals surface area contributed by atoms with Gasteiger partial charge in [-0.3, -0.25) is 14.5 Å². The maximum atomic E-state index is 14.4. The van der Waals surface area contributed by atoms with Gasteiger partial charge in [-0.1, -0.05) is 117 Å². The SMILES string of the molecule is C/C(=C\c1cccc(O)c1)CC[C@H]1OC[C@H]2C1=C(CO[Si](c1ccccc1)(c1ccccc1)C(C)(C)C)C[C@H]1C(=O)N(c3cccc(B(O)O)c3)C(=O)[C@H]12. The smallest absolute Gasteiger partial charge is 0.488 e. The van der Waals surface area contributed by atoms with Crippen LogP contribution in [-0.4, -0.2) is 61.7 Å². The molecular formula is C44H48BNO7Si. The minimum absolute atomic E-state index is 0.208. The number of ether oxygens (including phenoxy) is 1. The van der Waals surface area contributed by atoms with E-state index in [4.69, 9.17) is 9.16 Å². The molecule has 10 heteroatoms. The van der Waals surface area contributed by atoms with Crippen molar-refractivity contribution in [2.45, 2.75) is 58.1 Å². The van der Waals surface area contributed by atoms with Crippen molar-refractivity contribution in [3.8, 4) is 5.75 Å². The Labute approximate surface area is 319 Å². The van der Waals surface area contributed by atoms with Gasteiger partial charge in [0.05, 0.1) is 36.8 Å². The van der Waals surface area contributed by atoms with E-state index < -0.39 is 27.3 Å². The van der Waals surface area contributed by atoms with Gasteiger partial charge < -0.3 is 24.3 Å². The number of aromatic hydroxyl groups is 1. The van der Waals surface area contributed by atoms with Crippen LogP contribution in [0.3, 0.4) is 0 Å². The van der Waals surface area contributed by atoms with Crippen molar-refractivity contribution >= 4 is 54.8 Å². The molecule has 3 aliphatic rings. The zero-order valence-electron chi connectivity index (χ0n) is 31.3. The van der Waals surface area contributed by atoms with E-state index in [2.05, 4.69) is 82.3 Å². The van der Waals surface area contributed by atoms with Gasteiger partial charge >= 0.3 is 7.12 Å². The largest absolute Gasteiger partial charge is 0.508 e. The van der Waals surface area contributed by atoms with Crippen molar-refractivity contribution < 1.29 is 33.9 Å². The van der Waals surface area contributed by atoms with E-state index in [9.17, 15) is 24.7 Å². The van der Waals surface area contributed by atoms with Gasteiger partial charge in [0.25, 0.3) is 8.32 Å². The van der Waals surface area contributed by atoms with Gasteiger partial charge in [-0.25, -0.2) is 0 Å². The van der Waals surface area contributed by atoms with Crippen LogP contribution in [0.5, 0.6) is 5.75 Å². The van der Waals surface area contributed by atoms with Crippen LogP contribution in [0, 0.1) is 17.8 Å². The lowest BCUT2D eigenvalue weighted by Crippen LogP contribution is -2.66. The van der Waals surface area contributed by atoms with Crippen LogP contribution in [0.15, 0.2) is 126 Å². The van der Waals surface area contributed by atoms with Gasteiger partial charge in [0, 0.05) is 5.92 Å². The molecule has 0 aromatic heterocycles. The number of phenolic OH excluding ortho intramolecular Hbond substituents is 1. The standard InChI is InChI=1S/C44H48BNO7Si/c1-29(23-30-13-11-16-34(47)24-30)21-22-39-40-31(27-53-54(44(2,3)4,35-17-7-5-8-18-35)36-19-9-6-10-20-36)25-37-41(38(40)28-52-39)43(49)46(42(37)48)33-15-12-14-32(26-33)45(50)51/h5-20,23-24,26,37-39,41,47,50-51H,21-22,25,27-28H2,1-4H3/b29-23+/t37-,38+,39-,41-/m1/s1. The third-order valence-electron chi connectivity index (χ3n) is 11.4. The summed E-state index contributed by atoms with van der Waals surface area (Å²) >= 11 is 0. The summed E-state index contributed by atoms with van der Waals surface area (Å²) in [5, 5.41) is 31.8. The van der Waals surface area contributed by atoms with Crippen molar-refractivity contribution in [3.63, 3.8) is 0 Å². The van der Waals surface area contributed by atoms with Crippen LogP contribution in [-0.2, 0) is 18.8 Å². The molecule has 0 bridgehead atoms. The average Bonchev–Trinajstić information content (AvgIpc) is 3.69. The van der Waals surface area contributed by atoms with Crippen LogP contribution in [0.1, 0.15) is 52.5 Å². The zero-order valence-corrected chi connectivity index (χ0v) is 32.3. The van der Waals surface area contributed by atoms with Gasteiger partial charge in [0.15, 0.2) is 0 Å². The van der Waals surface area contributed by atoms with E-state index in [0.717, 1.165) is 39.1 Å². The molecule has 278 valence electrons. The Morgan fingerprint density at radius 2 is 1.56 bits per heavy atom. The van der Waals surface area contributed by atoms with Gasteiger partial charge in [-0.15, -0.1) is 0 Å². The lowest BCUT2D eigenvalue weighted by Gasteiger charge is -2.44. The highest BCUT2D eigenvalue weighted by Gasteiger charge is 2.58. The Morgan fingerprint density at radius 1 is 0.889 bits per heavy atom. The molecule has 2 heterocycles. The number of benzene rings is 4. The highest BCUT2D eigenvalue weighted by atomic mass is 28.4. The summed E-state index contributed by atoms with van der Waals surface area (Å²) in [6.45, 7) is 9.43. The number of anilines is 1. The number of allylic oxidation sites excluding steroid dienone is 1. The molecule has 0 unspecified atom stereocenters. The van der Waals surface area contributed by atoms with E-state index in [1.807, 2.05) is 24.3 Å². The third kappa shape index (κ3) is 7.05. The van der Waals surface area contributed by atoms with Crippen molar-refractivity contribution in [1.82, 2.24) is 0 Å². The molecular weight excluding hydrogens is 693 g/mol. The molecule has 4 atom stereocenters. The monoisotopic (exact) mass is 741 g/mol. The lowest BCUT2D eigenvalue weighted by atomic mass is 9.69. The molecule has 8 nitrogen and oxygen atoms in total. The first-order chi connectivity index (χ1) is 25.9. The fourth-order valence-electron chi connectivity index (χ4n) is 8.97. The van der Waals surface area contributed by atoms with Crippen molar-refractivity contribution in [1.29, 1.82) is 0 Å². The Morgan fingerprint density at radius 3 is 2.19 bits per heavy atom. The van der Waals surface area contributed by atoms with Crippen LogP contribution in [0.2, 0.25) is 5.04 Å². The Balaban J connectivity index is 1.27. The number of imide groups is 1. The first-order valence-corrected chi connectivity index (χ1v) is 20.7. The number of phenols is 1. The molecule has 3 N–H and O–H groups in total. The molecule has 0 saturated carbocycles. The molecule has 2 saturated heterocycles. The number of amides is 2. The topological polar surface area (TPSA) is 117 Å². The first-order valence-electron chi connectivity index (χ1n) is 18.8. The molecule has 0 spiro atoms. The minimum Gasteiger partial charge on any atom is -0.508 e. The van der Waals surface area contributed by atoms with Gasteiger partial charge in [0.2, 0.25) is 11.8 Å². The predicted molar refractivity (Wildman–Crippen MR) is 215 cm³/mol. The average molecular weight is 742 g/mol. The molecule has 4 aromatic carbocycles. The zero-order chi connectivity index (χ0) is 38.2. The summed E-state index contributed by atoms with van der Waals surface area (Å²) in [6, 6.07) is 34.5. The van der Waals surface area contributed by atoms with E-state index in [1.165, 1.54) is 11.0 Å². The summed E-state index contributed by atoms with van der Waals surface area (Å²) in [6.07, 6.45) is 3.61. The number of hydrogen-bond donors (Lipinski definition) is 3. The van der Waals surface area contributed by atoms with Crippen molar-refractivity contribution in [2.24, 2.45) is 17.8 Å². The number of rotatable bonds is 11. The quantitative estimate of drug-likeness (QED) is 0.108. The molecule has 2 fully saturated rings. The summed E-state index contributed by atoms with van der Waals surface area (Å²) in [7, 11) is -4.67. The third-order valence-corrected chi connectivity index (χ3v) is 16.4. The Hall–Kier alpha value is -4.58. The van der Waals surface area contributed by atoms with E-state index in [-0.39, 0.29) is 40.1 Å². The van der Waals surface area contributed by atoms with Crippen molar-refractivity contribution in [3.05, 3.63) is 131 Å². The predicted octanol–water partition coefficient (Wildman–Crippen LogP) is 5.35. The summed E-state index contributed by atoms with van der Waals surface area (Å²) in [5.41, 5.74) is 4.69. The summed E-state index contributed by atoms with van der Waals surface area (Å²) in [5.74, 6) is -1.84. The van der Waals surface area contributed by atoms with Crippen molar-refractivity contribution in [2.75, 3.05) is 18.1 Å². The minimum atomic E-state index is -2.95. The first kappa shape index (κ1) is 37.7. The fourth-order valence-corrected chi connectivity index (χ4v) is 13.5. The second kappa shape index (κ2) is 15.3. The maximum absolute atomic E-state index is 14.4. The number of hydrogen-bond acceptors (Lipinski definition) is 7. The molecule has 4 aromatic rings. The van der Waals surface area contributed by atoms with Crippen LogP contribution < -0.4 is 20.7 Å². The molecule has 54 heavy (non-hydrogen) atoms. The summed E-state index contributed by atoms with van der Waals surface area (Å²) < 4.78 is 14.1. The molecule has 2 amide bonds.